The van der Waals surface area contributed by atoms with Crippen molar-refractivity contribution in [3.05, 3.63) is 62.8 Å². The monoisotopic (exact) mass is 339 g/mol. The average molecular weight is 341 g/mol. The number of aryl methyl sites for hydroxylation is 1. The van der Waals surface area contributed by atoms with Gasteiger partial charge in [0.2, 0.25) is 0 Å². The van der Waals surface area contributed by atoms with Gasteiger partial charge in [0.1, 0.15) is 5.82 Å². The first-order chi connectivity index (χ1) is 9.15. The molecular weight excluding hydrogens is 329 g/mol. The lowest BCUT2D eigenvalue weighted by atomic mass is 9.93. The second kappa shape index (κ2) is 5.14. The Kier molecular flexibility index (Phi) is 3.50. The minimum Gasteiger partial charge on any atom is -0.378 e. The van der Waals surface area contributed by atoms with Crippen LogP contribution >= 0.6 is 27.5 Å². The van der Waals surface area contributed by atoms with Crippen molar-refractivity contribution in [2.75, 3.05) is 5.32 Å². The summed E-state index contributed by atoms with van der Waals surface area (Å²) in [6, 6.07) is 10.9. The molecule has 0 saturated carbocycles. The molecule has 2 aromatic carbocycles. The van der Waals surface area contributed by atoms with Crippen LogP contribution in [0.5, 0.6) is 0 Å². The molecule has 1 unspecified atom stereocenters. The predicted molar refractivity (Wildman–Crippen MR) is 80.2 cm³/mol. The van der Waals surface area contributed by atoms with E-state index < -0.39 is 0 Å². The van der Waals surface area contributed by atoms with Gasteiger partial charge in [-0.25, -0.2) is 4.39 Å². The Morgan fingerprint density at radius 2 is 2.05 bits per heavy atom. The largest absolute Gasteiger partial charge is 0.378 e. The molecule has 0 bridgehead atoms. The number of nitrogens with one attached hydrogen (secondary N) is 1. The van der Waals surface area contributed by atoms with Gasteiger partial charge in [0.15, 0.2) is 0 Å². The van der Waals surface area contributed by atoms with E-state index in [0.29, 0.717) is 5.02 Å². The van der Waals surface area contributed by atoms with Crippen LogP contribution in [0.4, 0.5) is 10.1 Å². The van der Waals surface area contributed by atoms with Gasteiger partial charge >= 0.3 is 0 Å². The first-order valence-electron chi connectivity index (χ1n) is 6.14. The smallest absolute Gasteiger partial charge is 0.128 e. The van der Waals surface area contributed by atoms with Gasteiger partial charge < -0.3 is 5.32 Å². The van der Waals surface area contributed by atoms with Crippen molar-refractivity contribution >= 4 is 33.2 Å². The summed E-state index contributed by atoms with van der Waals surface area (Å²) >= 11 is 9.51. The van der Waals surface area contributed by atoms with Gasteiger partial charge in [0, 0.05) is 15.7 Å². The first-order valence-corrected chi connectivity index (χ1v) is 7.31. The molecule has 0 aromatic heterocycles. The fourth-order valence-corrected chi connectivity index (χ4v) is 3.01. The van der Waals surface area contributed by atoms with E-state index in [9.17, 15) is 4.39 Å². The molecule has 1 aliphatic rings. The average Bonchev–Trinajstić information content (AvgIpc) is 2.40. The van der Waals surface area contributed by atoms with Crippen LogP contribution in [0, 0.1) is 5.82 Å². The van der Waals surface area contributed by atoms with E-state index in [1.807, 2.05) is 24.3 Å². The normalized spacial score (nSPS) is 17.7. The lowest BCUT2D eigenvalue weighted by Crippen LogP contribution is -2.19. The molecule has 0 amide bonds. The molecule has 1 heterocycles. The summed E-state index contributed by atoms with van der Waals surface area (Å²) in [7, 11) is 0. The molecule has 98 valence electrons. The number of rotatable bonds is 1. The number of benzene rings is 2. The highest BCUT2D eigenvalue weighted by atomic mass is 79.9. The van der Waals surface area contributed by atoms with E-state index in [0.717, 1.165) is 28.6 Å². The summed E-state index contributed by atoms with van der Waals surface area (Å²) in [6.45, 7) is 0. The Balaban J connectivity index is 1.94. The second-order valence-corrected chi connectivity index (χ2v) is 5.94. The fraction of sp³-hybridized carbons (Fsp3) is 0.200. The van der Waals surface area contributed by atoms with Crippen LogP contribution in [0.3, 0.4) is 0 Å². The predicted octanol–water partition coefficient (Wildman–Crippen LogP) is 5.34. The van der Waals surface area contributed by atoms with E-state index in [2.05, 4.69) is 21.2 Å². The van der Waals surface area contributed by atoms with Crippen molar-refractivity contribution in [3.63, 3.8) is 0 Å². The Bertz CT molecular complexity index is 630. The van der Waals surface area contributed by atoms with Crippen molar-refractivity contribution in [1.29, 1.82) is 0 Å². The van der Waals surface area contributed by atoms with Crippen LogP contribution in [-0.2, 0) is 6.42 Å². The van der Waals surface area contributed by atoms with Crippen LogP contribution in [0.1, 0.15) is 23.6 Å². The topological polar surface area (TPSA) is 12.0 Å². The van der Waals surface area contributed by atoms with Gasteiger partial charge in [-0.05, 0) is 52.5 Å². The molecule has 0 fully saturated rings. The van der Waals surface area contributed by atoms with E-state index in [-0.39, 0.29) is 11.9 Å². The molecule has 2 aromatic rings. The summed E-state index contributed by atoms with van der Waals surface area (Å²) in [5.74, 6) is -0.156. The maximum atomic E-state index is 13.8. The summed E-state index contributed by atoms with van der Waals surface area (Å²) < 4.78 is 14.7. The minimum absolute atomic E-state index is 0.0155. The highest BCUT2D eigenvalue weighted by Crippen LogP contribution is 2.37. The quantitative estimate of drug-likeness (QED) is 0.739. The lowest BCUT2D eigenvalue weighted by molar-refractivity contribution is 0.572. The van der Waals surface area contributed by atoms with Gasteiger partial charge in [0.05, 0.1) is 11.1 Å². The third kappa shape index (κ3) is 2.49. The molecule has 1 nitrogen and oxygen atoms in total. The van der Waals surface area contributed by atoms with Gasteiger partial charge in [0.25, 0.3) is 0 Å². The summed E-state index contributed by atoms with van der Waals surface area (Å²) in [4.78, 5) is 0. The summed E-state index contributed by atoms with van der Waals surface area (Å²) in [6.07, 6.45) is 1.76. The van der Waals surface area contributed by atoms with Crippen molar-refractivity contribution in [2.24, 2.45) is 0 Å². The zero-order valence-electron chi connectivity index (χ0n) is 10.1. The highest BCUT2D eigenvalue weighted by Gasteiger charge is 2.22. The molecule has 0 saturated heterocycles. The molecule has 0 aliphatic carbocycles. The molecule has 19 heavy (non-hydrogen) atoms. The minimum atomic E-state index is -0.156. The number of hydrogen-bond donors (Lipinski definition) is 1. The van der Waals surface area contributed by atoms with Gasteiger partial charge in [-0.2, -0.15) is 0 Å². The number of anilines is 1. The molecule has 0 radical (unpaired) electrons. The Morgan fingerprint density at radius 3 is 2.84 bits per heavy atom. The van der Waals surface area contributed by atoms with Crippen LogP contribution in [0.2, 0.25) is 5.02 Å². The number of fused-ring (bicyclic) bond motifs is 1. The molecule has 0 spiro atoms. The van der Waals surface area contributed by atoms with E-state index in [4.69, 9.17) is 11.6 Å². The third-order valence-corrected chi connectivity index (χ3v) is 4.66. The molecule has 1 N–H and O–H groups in total. The molecule has 1 atom stereocenters. The fourth-order valence-electron chi connectivity index (χ4n) is 2.48. The van der Waals surface area contributed by atoms with Crippen molar-refractivity contribution in [1.82, 2.24) is 0 Å². The SMILES string of the molecule is Fc1ccccc1C1CCc2cc(Cl)c(Br)cc2N1. The molecular formula is C15H12BrClFN. The summed E-state index contributed by atoms with van der Waals surface area (Å²) in [5, 5.41) is 4.11. The van der Waals surface area contributed by atoms with Crippen LogP contribution in [-0.4, -0.2) is 0 Å². The zero-order chi connectivity index (χ0) is 13.4. The van der Waals surface area contributed by atoms with E-state index >= 15 is 0 Å². The molecule has 3 rings (SSSR count). The first kappa shape index (κ1) is 12.9. The second-order valence-electron chi connectivity index (χ2n) is 4.68. The number of halogens is 3. The van der Waals surface area contributed by atoms with Crippen LogP contribution in [0.25, 0.3) is 0 Å². The Hall–Kier alpha value is -1.06. The van der Waals surface area contributed by atoms with Crippen molar-refractivity contribution < 1.29 is 4.39 Å². The van der Waals surface area contributed by atoms with Crippen molar-refractivity contribution in [3.8, 4) is 0 Å². The maximum Gasteiger partial charge on any atom is 0.128 e. The Labute approximate surface area is 124 Å². The molecule has 4 heteroatoms. The van der Waals surface area contributed by atoms with E-state index in [1.165, 1.54) is 11.6 Å². The lowest BCUT2D eigenvalue weighted by Gasteiger charge is -2.28. The molecule has 1 aliphatic heterocycles. The highest BCUT2D eigenvalue weighted by molar-refractivity contribution is 9.10. The van der Waals surface area contributed by atoms with E-state index in [1.54, 1.807) is 6.07 Å². The summed E-state index contributed by atoms with van der Waals surface area (Å²) in [5.41, 5.74) is 2.93. The van der Waals surface area contributed by atoms with Gasteiger partial charge in [-0.15, -0.1) is 0 Å². The third-order valence-electron chi connectivity index (χ3n) is 3.46. The van der Waals surface area contributed by atoms with Crippen LogP contribution in [0.15, 0.2) is 40.9 Å². The standard InChI is InChI=1S/C15H12BrClFN/c16-11-8-15-9(7-12(11)17)5-6-14(19-15)10-3-1-2-4-13(10)18/h1-4,7-8,14,19H,5-6H2. The maximum absolute atomic E-state index is 13.8. The number of hydrogen-bond acceptors (Lipinski definition) is 1. The van der Waals surface area contributed by atoms with Gasteiger partial charge in [-0.3, -0.25) is 0 Å². The van der Waals surface area contributed by atoms with Crippen LogP contribution < -0.4 is 5.32 Å². The zero-order valence-corrected chi connectivity index (χ0v) is 12.4. The van der Waals surface area contributed by atoms with Gasteiger partial charge in [-0.1, -0.05) is 29.8 Å². The Morgan fingerprint density at radius 1 is 1.26 bits per heavy atom. The van der Waals surface area contributed by atoms with Crippen molar-refractivity contribution in [2.45, 2.75) is 18.9 Å².